The average molecular weight is 293 g/mol. The van der Waals surface area contributed by atoms with Gasteiger partial charge < -0.3 is 19.7 Å². The van der Waals surface area contributed by atoms with E-state index in [-0.39, 0.29) is 24.4 Å². The monoisotopic (exact) mass is 292 g/mol. The zero-order valence-corrected chi connectivity index (χ0v) is 12.4. The van der Waals surface area contributed by atoms with Crippen LogP contribution >= 0.6 is 12.4 Å². The molecule has 2 fully saturated rings. The number of nitrogens with zero attached hydrogens (tertiary/aromatic N) is 1. The fourth-order valence-corrected chi connectivity index (χ4v) is 2.51. The zero-order chi connectivity index (χ0) is 12.8. The van der Waals surface area contributed by atoms with Gasteiger partial charge in [-0.3, -0.25) is 4.79 Å². The van der Waals surface area contributed by atoms with Crippen LogP contribution in [0.3, 0.4) is 0 Å². The summed E-state index contributed by atoms with van der Waals surface area (Å²) in [5, 5.41) is 3.29. The molecule has 0 saturated carbocycles. The van der Waals surface area contributed by atoms with Crippen molar-refractivity contribution in [2.24, 2.45) is 0 Å². The third kappa shape index (κ3) is 5.26. The molecule has 5 nitrogen and oxygen atoms in total. The Morgan fingerprint density at radius 3 is 2.84 bits per heavy atom. The van der Waals surface area contributed by atoms with Gasteiger partial charge in [-0.1, -0.05) is 0 Å². The van der Waals surface area contributed by atoms with E-state index >= 15 is 0 Å². The van der Waals surface area contributed by atoms with Crippen molar-refractivity contribution < 1.29 is 14.3 Å². The van der Waals surface area contributed by atoms with Gasteiger partial charge in [-0.25, -0.2) is 0 Å². The van der Waals surface area contributed by atoms with Gasteiger partial charge in [0.1, 0.15) is 0 Å². The van der Waals surface area contributed by atoms with E-state index in [4.69, 9.17) is 9.47 Å². The number of ether oxygens (including phenoxy) is 2. The number of halogens is 1. The van der Waals surface area contributed by atoms with Crippen LogP contribution in [0.5, 0.6) is 0 Å². The Morgan fingerprint density at radius 2 is 2.16 bits per heavy atom. The van der Waals surface area contributed by atoms with Crippen LogP contribution in [0.2, 0.25) is 0 Å². The molecular weight excluding hydrogens is 268 g/mol. The number of hydrogen-bond donors (Lipinski definition) is 1. The molecule has 0 radical (unpaired) electrons. The molecular formula is C13H25ClN2O3. The highest BCUT2D eigenvalue weighted by Gasteiger charge is 2.23. The number of carbonyl (C=O) groups is 1. The highest BCUT2D eigenvalue weighted by molar-refractivity contribution is 5.85. The SMILES string of the molecule is C[C@@H]1CNCCN1C(=O)CCOC1CCOCC1.Cl. The molecule has 0 aromatic heterocycles. The largest absolute Gasteiger partial charge is 0.381 e. The third-order valence-corrected chi connectivity index (χ3v) is 3.66. The van der Waals surface area contributed by atoms with Gasteiger partial charge in [-0.05, 0) is 19.8 Å². The minimum Gasteiger partial charge on any atom is -0.381 e. The molecule has 112 valence electrons. The van der Waals surface area contributed by atoms with Crippen LogP contribution in [0.15, 0.2) is 0 Å². The summed E-state index contributed by atoms with van der Waals surface area (Å²) < 4.78 is 11.0. The first-order valence-corrected chi connectivity index (χ1v) is 6.97. The minimum atomic E-state index is 0. The van der Waals surface area contributed by atoms with Crippen molar-refractivity contribution in [2.45, 2.75) is 38.3 Å². The molecule has 6 heteroatoms. The Hall–Kier alpha value is -0.360. The van der Waals surface area contributed by atoms with E-state index in [1.807, 2.05) is 4.90 Å². The molecule has 0 aromatic rings. The molecule has 1 amide bonds. The van der Waals surface area contributed by atoms with Gasteiger partial charge in [0.2, 0.25) is 5.91 Å². The summed E-state index contributed by atoms with van der Waals surface area (Å²) in [7, 11) is 0. The third-order valence-electron chi connectivity index (χ3n) is 3.66. The van der Waals surface area contributed by atoms with Crippen molar-refractivity contribution in [1.29, 1.82) is 0 Å². The van der Waals surface area contributed by atoms with E-state index < -0.39 is 0 Å². The number of hydrogen-bond acceptors (Lipinski definition) is 4. The summed E-state index contributed by atoms with van der Waals surface area (Å²) in [6.07, 6.45) is 2.70. The van der Waals surface area contributed by atoms with E-state index in [1.165, 1.54) is 0 Å². The van der Waals surface area contributed by atoms with Crippen molar-refractivity contribution in [3.8, 4) is 0 Å². The Bertz CT molecular complexity index is 273. The van der Waals surface area contributed by atoms with Crippen LogP contribution in [0.25, 0.3) is 0 Å². The fraction of sp³-hybridized carbons (Fsp3) is 0.923. The predicted molar refractivity (Wildman–Crippen MR) is 75.7 cm³/mol. The Morgan fingerprint density at radius 1 is 1.42 bits per heavy atom. The van der Waals surface area contributed by atoms with Gasteiger partial charge in [-0.2, -0.15) is 0 Å². The lowest BCUT2D eigenvalue weighted by atomic mass is 10.1. The van der Waals surface area contributed by atoms with E-state index in [0.29, 0.717) is 19.1 Å². The molecule has 2 rings (SSSR count). The molecule has 0 spiro atoms. The fourth-order valence-electron chi connectivity index (χ4n) is 2.51. The predicted octanol–water partition coefficient (Wildman–Crippen LogP) is 0.814. The van der Waals surface area contributed by atoms with Crippen molar-refractivity contribution in [3.05, 3.63) is 0 Å². The van der Waals surface area contributed by atoms with Crippen LogP contribution in [-0.4, -0.2) is 62.4 Å². The first kappa shape index (κ1) is 16.7. The second kappa shape index (κ2) is 8.74. The zero-order valence-electron chi connectivity index (χ0n) is 11.6. The normalized spacial score (nSPS) is 24.9. The summed E-state index contributed by atoms with van der Waals surface area (Å²) in [6.45, 7) is 6.81. The van der Waals surface area contributed by atoms with Gasteiger partial charge in [0.05, 0.1) is 19.1 Å². The maximum atomic E-state index is 12.0. The molecule has 0 bridgehead atoms. The quantitative estimate of drug-likeness (QED) is 0.833. The number of piperazine rings is 1. The maximum absolute atomic E-state index is 12.0. The lowest BCUT2D eigenvalue weighted by Gasteiger charge is -2.34. The Kier molecular flexibility index (Phi) is 7.68. The van der Waals surface area contributed by atoms with Crippen LogP contribution in [0, 0.1) is 0 Å². The second-order valence-corrected chi connectivity index (χ2v) is 5.07. The summed E-state index contributed by atoms with van der Waals surface area (Å²) in [6, 6.07) is 0.300. The highest BCUT2D eigenvalue weighted by Crippen LogP contribution is 2.11. The first-order valence-electron chi connectivity index (χ1n) is 6.97. The van der Waals surface area contributed by atoms with Gasteiger partial charge in [0, 0.05) is 38.9 Å². The van der Waals surface area contributed by atoms with E-state index in [9.17, 15) is 4.79 Å². The average Bonchev–Trinajstić information content (AvgIpc) is 2.40. The summed E-state index contributed by atoms with van der Waals surface area (Å²) in [5.74, 6) is 0.219. The van der Waals surface area contributed by atoms with Crippen LogP contribution in [0.1, 0.15) is 26.2 Å². The van der Waals surface area contributed by atoms with Crippen LogP contribution < -0.4 is 5.32 Å². The van der Waals surface area contributed by atoms with Gasteiger partial charge in [-0.15, -0.1) is 12.4 Å². The number of carbonyl (C=O) groups excluding carboxylic acids is 1. The van der Waals surface area contributed by atoms with E-state index in [0.717, 1.165) is 45.7 Å². The molecule has 2 heterocycles. The molecule has 0 aromatic carbocycles. The van der Waals surface area contributed by atoms with Crippen molar-refractivity contribution in [3.63, 3.8) is 0 Å². The lowest BCUT2D eigenvalue weighted by molar-refractivity contribution is -0.136. The summed E-state index contributed by atoms with van der Waals surface area (Å²) in [5.41, 5.74) is 0. The maximum Gasteiger partial charge on any atom is 0.225 e. The minimum absolute atomic E-state index is 0. The van der Waals surface area contributed by atoms with E-state index in [1.54, 1.807) is 0 Å². The Labute approximate surface area is 121 Å². The highest BCUT2D eigenvalue weighted by atomic mass is 35.5. The Balaban J connectivity index is 0.00000180. The van der Waals surface area contributed by atoms with Gasteiger partial charge in [0.15, 0.2) is 0 Å². The molecule has 1 atom stereocenters. The molecule has 0 unspecified atom stereocenters. The summed E-state index contributed by atoms with van der Waals surface area (Å²) >= 11 is 0. The molecule has 19 heavy (non-hydrogen) atoms. The topological polar surface area (TPSA) is 50.8 Å². The van der Waals surface area contributed by atoms with Crippen molar-refractivity contribution in [2.75, 3.05) is 39.5 Å². The molecule has 2 aliphatic heterocycles. The molecule has 0 aliphatic carbocycles. The number of rotatable bonds is 4. The van der Waals surface area contributed by atoms with Crippen LogP contribution in [-0.2, 0) is 14.3 Å². The smallest absolute Gasteiger partial charge is 0.225 e. The van der Waals surface area contributed by atoms with Crippen molar-refractivity contribution in [1.82, 2.24) is 10.2 Å². The lowest BCUT2D eigenvalue weighted by Crippen LogP contribution is -2.52. The van der Waals surface area contributed by atoms with E-state index in [2.05, 4.69) is 12.2 Å². The van der Waals surface area contributed by atoms with Crippen molar-refractivity contribution >= 4 is 18.3 Å². The standard InChI is InChI=1S/C13H24N2O3.ClH/c1-11-10-14-5-6-15(11)13(16)4-9-18-12-2-7-17-8-3-12;/h11-12,14H,2-10H2,1H3;1H/t11-;/m1./s1. The van der Waals surface area contributed by atoms with Gasteiger partial charge >= 0.3 is 0 Å². The van der Waals surface area contributed by atoms with Crippen LogP contribution in [0.4, 0.5) is 0 Å². The summed E-state index contributed by atoms with van der Waals surface area (Å²) in [4.78, 5) is 14.0. The number of amides is 1. The molecule has 1 N–H and O–H groups in total. The molecule has 2 aliphatic rings. The first-order chi connectivity index (χ1) is 8.77. The second-order valence-electron chi connectivity index (χ2n) is 5.07. The number of nitrogens with one attached hydrogen (secondary N) is 1. The van der Waals surface area contributed by atoms with Gasteiger partial charge in [0.25, 0.3) is 0 Å². The molecule has 2 saturated heterocycles.